The molecular formula is C14H11F3N2O2S2. The Bertz CT molecular complexity index is 870. The maximum Gasteiger partial charge on any atom is 0.405 e. The molecular weight excluding hydrogens is 349 g/mol. The van der Waals surface area contributed by atoms with Crippen molar-refractivity contribution in [3.05, 3.63) is 22.5 Å². The Balaban J connectivity index is 1.79. The van der Waals surface area contributed by atoms with Gasteiger partial charge in [0, 0.05) is 11.5 Å². The summed E-state index contributed by atoms with van der Waals surface area (Å²) >= 11 is 3.01. The lowest BCUT2D eigenvalue weighted by molar-refractivity contribution is -0.139. The lowest BCUT2D eigenvalue weighted by Crippen LogP contribution is -2.36. The Morgan fingerprint density at radius 1 is 1.43 bits per heavy atom. The first-order chi connectivity index (χ1) is 10.8. The maximum absolute atomic E-state index is 12.1. The Morgan fingerprint density at radius 3 is 2.96 bits per heavy atom. The van der Waals surface area contributed by atoms with Gasteiger partial charge >= 0.3 is 6.18 Å². The van der Waals surface area contributed by atoms with Crippen molar-refractivity contribution in [2.24, 2.45) is 0 Å². The summed E-state index contributed by atoms with van der Waals surface area (Å²) in [6.45, 7) is 0.0651. The van der Waals surface area contributed by atoms with Gasteiger partial charge < -0.3 is 10.1 Å². The molecule has 0 aliphatic carbocycles. The number of thiophene rings is 1. The van der Waals surface area contributed by atoms with Crippen LogP contribution in [0.2, 0.25) is 0 Å². The number of benzene rings is 1. The number of hydrogen-bond acceptors (Lipinski definition) is 5. The molecule has 23 heavy (non-hydrogen) atoms. The number of thiazole rings is 1. The maximum atomic E-state index is 12.1. The van der Waals surface area contributed by atoms with Crippen molar-refractivity contribution < 1.29 is 22.7 Å². The highest BCUT2D eigenvalue weighted by Gasteiger charge is 2.27. The first kappa shape index (κ1) is 16.0. The number of alkyl halides is 3. The lowest BCUT2D eigenvalue weighted by Gasteiger charge is -2.10. The number of carbonyl (C=O) groups excluding carboxylic acids is 1. The van der Waals surface area contributed by atoms with Crippen LogP contribution in [0.1, 0.15) is 5.01 Å². The normalized spacial score (nSPS) is 12.0. The molecule has 9 heteroatoms. The van der Waals surface area contributed by atoms with Gasteiger partial charge in [-0.05, 0) is 18.4 Å². The van der Waals surface area contributed by atoms with Gasteiger partial charge in [-0.1, -0.05) is 0 Å². The molecule has 0 spiro atoms. The molecule has 0 bridgehead atoms. The van der Waals surface area contributed by atoms with Gasteiger partial charge in [-0.25, -0.2) is 4.98 Å². The van der Waals surface area contributed by atoms with Crippen molar-refractivity contribution in [1.82, 2.24) is 10.3 Å². The van der Waals surface area contributed by atoms with Crippen molar-refractivity contribution in [2.75, 3.05) is 13.2 Å². The van der Waals surface area contributed by atoms with E-state index in [0.29, 0.717) is 5.75 Å². The van der Waals surface area contributed by atoms with Crippen LogP contribution in [0, 0.1) is 6.92 Å². The molecule has 1 amide bonds. The molecule has 0 aliphatic heterocycles. The molecule has 0 aliphatic rings. The van der Waals surface area contributed by atoms with Crippen molar-refractivity contribution >= 4 is 48.9 Å². The monoisotopic (exact) mass is 360 g/mol. The molecule has 122 valence electrons. The molecule has 3 rings (SSSR count). The van der Waals surface area contributed by atoms with E-state index in [1.54, 1.807) is 11.4 Å². The predicted molar refractivity (Wildman–Crippen MR) is 84.3 cm³/mol. The summed E-state index contributed by atoms with van der Waals surface area (Å²) in [5, 5.41) is 5.38. The average molecular weight is 360 g/mol. The van der Waals surface area contributed by atoms with Crippen LogP contribution in [-0.2, 0) is 4.79 Å². The molecule has 0 saturated carbocycles. The third kappa shape index (κ3) is 3.56. The molecule has 0 saturated heterocycles. The summed E-state index contributed by atoms with van der Waals surface area (Å²) < 4.78 is 43.5. The van der Waals surface area contributed by atoms with E-state index in [9.17, 15) is 18.0 Å². The Labute approximate surface area is 136 Å². The second-order valence-electron chi connectivity index (χ2n) is 4.80. The van der Waals surface area contributed by atoms with E-state index in [4.69, 9.17) is 4.74 Å². The van der Waals surface area contributed by atoms with Crippen molar-refractivity contribution in [3.8, 4) is 5.75 Å². The van der Waals surface area contributed by atoms with Crippen molar-refractivity contribution in [3.63, 3.8) is 0 Å². The largest absolute Gasteiger partial charge is 0.483 e. The number of nitrogens with one attached hydrogen (secondary N) is 1. The highest BCUT2D eigenvalue weighted by molar-refractivity contribution is 7.21. The number of halogens is 3. The predicted octanol–water partition coefficient (Wildman–Crippen LogP) is 3.88. The average Bonchev–Trinajstić information content (AvgIpc) is 3.06. The summed E-state index contributed by atoms with van der Waals surface area (Å²) in [6.07, 6.45) is -4.44. The minimum Gasteiger partial charge on any atom is -0.483 e. The van der Waals surface area contributed by atoms with Gasteiger partial charge in [-0.15, -0.1) is 22.7 Å². The molecule has 1 aromatic carbocycles. The summed E-state index contributed by atoms with van der Waals surface area (Å²) in [6, 6.07) is 3.61. The van der Waals surface area contributed by atoms with Crippen molar-refractivity contribution in [1.29, 1.82) is 0 Å². The third-order valence-corrected chi connectivity index (χ3v) is 4.85. The first-order valence-corrected chi connectivity index (χ1v) is 8.27. The number of amides is 1. The van der Waals surface area contributed by atoms with Crippen LogP contribution in [0.25, 0.3) is 20.3 Å². The van der Waals surface area contributed by atoms with Crippen LogP contribution in [0.3, 0.4) is 0 Å². The number of rotatable bonds is 4. The summed E-state index contributed by atoms with van der Waals surface area (Å²) in [4.78, 5) is 15.9. The highest BCUT2D eigenvalue weighted by atomic mass is 32.1. The number of hydrogen-bond donors (Lipinski definition) is 1. The van der Waals surface area contributed by atoms with Crippen LogP contribution in [0.4, 0.5) is 13.2 Å². The quantitative estimate of drug-likeness (QED) is 0.768. The van der Waals surface area contributed by atoms with Gasteiger partial charge in [0.05, 0.1) is 19.9 Å². The molecule has 0 fully saturated rings. The SMILES string of the molecule is Cc1nc2c(cc(OCC(=O)NCC(F)(F)F)c3ccsc32)s1. The van der Waals surface area contributed by atoms with Gasteiger partial charge in [0.1, 0.15) is 12.3 Å². The van der Waals surface area contributed by atoms with Crippen molar-refractivity contribution in [2.45, 2.75) is 13.1 Å². The molecule has 2 heterocycles. The highest BCUT2D eigenvalue weighted by Crippen LogP contribution is 2.38. The van der Waals surface area contributed by atoms with E-state index in [0.717, 1.165) is 25.3 Å². The van der Waals surface area contributed by atoms with E-state index in [-0.39, 0.29) is 0 Å². The molecule has 3 aromatic rings. The standard InChI is InChI=1S/C14H11F3N2O2S2/c1-7-19-12-10(23-7)4-9(8-2-3-22-13(8)12)21-5-11(20)18-6-14(15,16)17/h2-4H,5-6H2,1H3,(H,18,20). The van der Waals surface area contributed by atoms with Gasteiger partial charge in [-0.3, -0.25) is 4.79 Å². The van der Waals surface area contributed by atoms with Gasteiger partial charge in [0.2, 0.25) is 0 Å². The first-order valence-electron chi connectivity index (χ1n) is 6.57. The second-order valence-corrected chi connectivity index (χ2v) is 6.95. The molecule has 0 radical (unpaired) electrons. The van der Waals surface area contributed by atoms with Gasteiger partial charge in [-0.2, -0.15) is 13.2 Å². The number of carbonyl (C=O) groups is 1. The minimum atomic E-state index is -4.44. The number of nitrogens with zero attached hydrogens (tertiary/aromatic N) is 1. The van der Waals surface area contributed by atoms with Crippen LogP contribution in [0.5, 0.6) is 5.75 Å². The van der Waals surface area contributed by atoms with E-state index in [1.807, 2.05) is 18.4 Å². The Kier molecular flexibility index (Phi) is 4.15. The van der Waals surface area contributed by atoms with E-state index >= 15 is 0 Å². The number of aromatic nitrogens is 1. The number of ether oxygens (including phenoxy) is 1. The van der Waals surface area contributed by atoms with Crippen LogP contribution in [0.15, 0.2) is 17.5 Å². The topological polar surface area (TPSA) is 51.2 Å². The Morgan fingerprint density at radius 2 is 2.22 bits per heavy atom. The van der Waals surface area contributed by atoms with E-state index in [2.05, 4.69) is 4.98 Å². The zero-order valence-corrected chi connectivity index (χ0v) is 13.5. The smallest absolute Gasteiger partial charge is 0.405 e. The zero-order valence-electron chi connectivity index (χ0n) is 11.9. The van der Waals surface area contributed by atoms with Crippen LogP contribution < -0.4 is 10.1 Å². The number of aryl methyl sites for hydroxylation is 1. The molecule has 4 nitrogen and oxygen atoms in total. The number of fused-ring (bicyclic) bond motifs is 3. The van der Waals surface area contributed by atoms with Crippen LogP contribution >= 0.6 is 22.7 Å². The summed E-state index contributed by atoms with van der Waals surface area (Å²) in [5.74, 6) is -0.342. The van der Waals surface area contributed by atoms with Gasteiger partial charge in [0.25, 0.3) is 5.91 Å². The third-order valence-electron chi connectivity index (χ3n) is 3.01. The minimum absolute atomic E-state index is 0.468. The molecule has 1 N–H and O–H groups in total. The van der Waals surface area contributed by atoms with Crippen LogP contribution in [-0.4, -0.2) is 30.2 Å². The molecule has 0 unspecified atom stereocenters. The molecule has 2 aromatic heterocycles. The summed E-state index contributed by atoms with van der Waals surface area (Å²) in [5.41, 5.74) is 0.881. The second kappa shape index (κ2) is 5.97. The fourth-order valence-electron chi connectivity index (χ4n) is 2.10. The van der Waals surface area contributed by atoms with E-state index in [1.165, 1.54) is 22.7 Å². The Hall–Kier alpha value is -1.87. The molecule has 0 atom stereocenters. The fraction of sp³-hybridized carbons (Fsp3) is 0.286. The fourth-order valence-corrected chi connectivity index (χ4v) is 3.93. The van der Waals surface area contributed by atoms with Gasteiger partial charge in [0.15, 0.2) is 6.61 Å². The zero-order chi connectivity index (χ0) is 16.6. The van der Waals surface area contributed by atoms with E-state index < -0.39 is 25.2 Å². The lowest BCUT2D eigenvalue weighted by atomic mass is 10.2. The summed E-state index contributed by atoms with van der Waals surface area (Å²) in [7, 11) is 0.